The summed E-state index contributed by atoms with van der Waals surface area (Å²) in [7, 11) is 1.76. The molecule has 1 fully saturated rings. The summed E-state index contributed by atoms with van der Waals surface area (Å²) in [6.07, 6.45) is 6.52. The van der Waals surface area contributed by atoms with E-state index in [9.17, 15) is 0 Å². The zero-order valence-electron chi connectivity index (χ0n) is 13.5. The Labute approximate surface area is 137 Å². The maximum atomic E-state index is 5.54. The Bertz CT molecular complexity index is 441. The summed E-state index contributed by atoms with van der Waals surface area (Å²) in [5.41, 5.74) is 1.30. The van der Waals surface area contributed by atoms with Crippen LogP contribution in [0, 0.1) is 11.8 Å². The number of benzene rings is 1. The fourth-order valence-corrected chi connectivity index (χ4v) is 3.91. The number of hydrogen-bond acceptors (Lipinski definition) is 2. The van der Waals surface area contributed by atoms with Crippen LogP contribution in [0.1, 0.15) is 45.1 Å². The van der Waals surface area contributed by atoms with E-state index in [4.69, 9.17) is 4.74 Å². The van der Waals surface area contributed by atoms with Gasteiger partial charge >= 0.3 is 0 Å². The molecule has 0 aromatic heterocycles. The molecular formula is C18H28BrNO. The van der Waals surface area contributed by atoms with Crippen LogP contribution >= 0.6 is 15.9 Å². The van der Waals surface area contributed by atoms with Crippen LogP contribution in [0.3, 0.4) is 0 Å². The van der Waals surface area contributed by atoms with Gasteiger partial charge in [0.2, 0.25) is 0 Å². The average Bonchev–Trinajstić information content (AvgIpc) is 2.48. The number of likely N-dealkylation sites (N-methyl/N-ethyl adjacent to an activating group) is 1. The lowest BCUT2D eigenvalue weighted by Gasteiger charge is -2.33. The minimum absolute atomic E-state index is 0.561. The highest BCUT2D eigenvalue weighted by atomic mass is 79.9. The van der Waals surface area contributed by atoms with Gasteiger partial charge in [-0.05, 0) is 61.4 Å². The van der Waals surface area contributed by atoms with Gasteiger partial charge in [-0.3, -0.25) is 0 Å². The highest BCUT2D eigenvalue weighted by Gasteiger charge is 2.26. The molecule has 0 bridgehead atoms. The van der Waals surface area contributed by atoms with Crippen LogP contribution in [0.2, 0.25) is 0 Å². The van der Waals surface area contributed by atoms with Crippen molar-refractivity contribution in [1.29, 1.82) is 0 Å². The van der Waals surface area contributed by atoms with E-state index in [-0.39, 0.29) is 0 Å². The predicted octanol–water partition coefficient (Wildman–Crippen LogP) is 4.80. The van der Waals surface area contributed by atoms with Crippen molar-refractivity contribution >= 4 is 15.9 Å². The van der Waals surface area contributed by atoms with Crippen molar-refractivity contribution < 1.29 is 4.74 Å². The van der Waals surface area contributed by atoms with Gasteiger partial charge in [0, 0.05) is 10.5 Å². The molecule has 0 amide bonds. The van der Waals surface area contributed by atoms with Crippen molar-refractivity contribution in [2.45, 2.75) is 52.0 Å². The summed E-state index contributed by atoms with van der Waals surface area (Å²) in [5, 5.41) is 3.72. The van der Waals surface area contributed by atoms with Crippen LogP contribution in [0.25, 0.3) is 0 Å². The van der Waals surface area contributed by atoms with Crippen molar-refractivity contribution in [3.63, 3.8) is 0 Å². The van der Waals surface area contributed by atoms with E-state index >= 15 is 0 Å². The Hall–Kier alpha value is -0.540. The number of ether oxygens (including phenoxy) is 1. The van der Waals surface area contributed by atoms with Gasteiger partial charge in [-0.15, -0.1) is 0 Å². The Morgan fingerprint density at radius 2 is 2.00 bits per heavy atom. The second kappa shape index (κ2) is 8.19. The number of nitrogens with one attached hydrogen (secondary N) is 1. The van der Waals surface area contributed by atoms with Crippen molar-refractivity contribution in [2.75, 3.05) is 13.7 Å². The lowest BCUT2D eigenvalue weighted by atomic mass is 9.77. The van der Waals surface area contributed by atoms with E-state index in [1.54, 1.807) is 7.11 Å². The van der Waals surface area contributed by atoms with Crippen molar-refractivity contribution in [3.05, 3.63) is 28.2 Å². The molecule has 1 aliphatic rings. The van der Waals surface area contributed by atoms with Gasteiger partial charge in [0.05, 0.1) is 7.11 Å². The van der Waals surface area contributed by atoms with Crippen molar-refractivity contribution in [1.82, 2.24) is 5.32 Å². The number of halogens is 1. The van der Waals surface area contributed by atoms with Crippen molar-refractivity contribution in [3.8, 4) is 5.75 Å². The highest BCUT2D eigenvalue weighted by molar-refractivity contribution is 9.10. The molecule has 0 radical (unpaired) electrons. The van der Waals surface area contributed by atoms with Crippen LogP contribution in [0.15, 0.2) is 22.7 Å². The van der Waals surface area contributed by atoms with Gasteiger partial charge in [0.25, 0.3) is 0 Å². The first-order valence-corrected chi connectivity index (χ1v) is 8.99. The predicted molar refractivity (Wildman–Crippen MR) is 93.0 cm³/mol. The van der Waals surface area contributed by atoms with Crippen LogP contribution in [-0.4, -0.2) is 19.7 Å². The second-order valence-electron chi connectivity index (χ2n) is 6.34. The third-order valence-electron chi connectivity index (χ3n) is 4.78. The molecule has 2 rings (SSSR count). The van der Waals surface area contributed by atoms with Gasteiger partial charge in [-0.1, -0.05) is 42.6 Å². The van der Waals surface area contributed by atoms with Crippen LogP contribution < -0.4 is 10.1 Å². The van der Waals surface area contributed by atoms with Crippen LogP contribution in [-0.2, 0) is 6.42 Å². The Balaban J connectivity index is 2.10. The number of rotatable bonds is 6. The van der Waals surface area contributed by atoms with E-state index in [1.165, 1.54) is 31.2 Å². The monoisotopic (exact) mass is 353 g/mol. The fourth-order valence-electron chi connectivity index (χ4n) is 3.50. The summed E-state index contributed by atoms with van der Waals surface area (Å²) >= 11 is 3.58. The van der Waals surface area contributed by atoms with Crippen molar-refractivity contribution in [2.24, 2.45) is 11.8 Å². The molecule has 0 heterocycles. The molecule has 1 atom stereocenters. The molecule has 1 unspecified atom stereocenters. The summed E-state index contributed by atoms with van der Waals surface area (Å²) in [4.78, 5) is 0. The van der Waals surface area contributed by atoms with Crippen LogP contribution in [0.4, 0.5) is 0 Å². The van der Waals surface area contributed by atoms with Gasteiger partial charge < -0.3 is 10.1 Å². The Morgan fingerprint density at radius 1 is 1.29 bits per heavy atom. The maximum Gasteiger partial charge on any atom is 0.122 e. The summed E-state index contributed by atoms with van der Waals surface area (Å²) in [5.74, 6) is 2.71. The van der Waals surface area contributed by atoms with E-state index in [0.717, 1.165) is 35.0 Å². The molecule has 1 aromatic rings. The first kappa shape index (κ1) is 16.8. The highest BCUT2D eigenvalue weighted by Crippen LogP contribution is 2.33. The third-order valence-corrected chi connectivity index (χ3v) is 5.27. The summed E-state index contributed by atoms with van der Waals surface area (Å²) in [6.45, 7) is 5.62. The van der Waals surface area contributed by atoms with Gasteiger partial charge in [0.15, 0.2) is 0 Å². The normalized spacial score (nSPS) is 23.8. The molecular weight excluding hydrogens is 326 g/mol. The zero-order chi connectivity index (χ0) is 15.2. The maximum absolute atomic E-state index is 5.54. The molecule has 0 aliphatic heterocycles. The largest absolute Gasteiger partial charge is 0.496 e. The van der Waals surface area contributed by atoms with Gasteiger partial charge in [0.1, 0.15) is 5.75 Å². The quantitative estimate of drug-likeness (QED) is 0.792. The molecule has 1 saturated carbocycles. The molecule has 1 aromatic carbocycles. The second-order valence-corrected chi connectivity index (χ2v) is 7.26. The standard InChI is InChI=1S/C18H28BrNO/c1-4-20-17(14-7-5-13(2)6-8-14)12-15-11-16(19)9-10-18(15)21-3/h9-11,13-14,17,20H,4-8,12H2,1-3H3. The average molecular weight is 354 g/mol. The summed E-state index contributed by atoms with van der Waals surface area (Å²) < 4.78 is 6.67. The summed E-state index contributed by atoms with van der Waals surface area (Å²) in [6, 6.07) is 6.87. The van der Waals surface area contributed by atoms with Crippen LogP contribution in [0.5, 0.6) is 5.75 Å². The Morgan fingerprint density at radius 3 is 2.62 bits per heavy atom. The van der Waals surface area contributed by atoms with E-state index < -0.39 is 0 Å². The molecule has 3 heteroatoms. The number of hydrogen-bond donors (Lipinski definition) is 1. The zero-order valence-corrected chi connectivity index (χ0v) is 15.1. The smallest absolute Gasteiger partial charge is 0.122 e. The Kier molecular flexibility index (Phi) is 6.56. The van der Waals surface area contributed by atoms with E-state index in [1.807, 2.05) is 6.07 Å². The topological polar surface area (TPSA) is 21.3 Å². The number of methoxy groups -OCH3 is 1. The molecule has 21 heavy (non-hydrogen) atoms. The minimum atomic E-state index is 0.561. The molecule has 118 valence electrons. The minimum Gasteiger partial charge on any atom is -0.496 e. The lowest BCUT2D eigenvalue weighted by molar-refractivity contribution is 0.229. The molecule has 0 saturated heterocycles. The van der Waals surface area contributed by atoms with E-state index in [2.05, 4.69) is 47.2 Å². The lowest BCUT2D eigenvalue weighted by Crippen LogP contribution is -2.39. The third kappa shape index (κ3) is 4.72. The van der Waals surface area contributed by atoms with E-state index in [0.29, 0.717) is 6.04 Å². The molecule has 2 nitrogen and oxygen atoms in total. The fraction of sp³-hybridized carbons (Fsp3) is 0.667. The first-order chi connectivity index (χ1) is 10.1. The SMILES string of the molecule is CCNC(Cc1cc(Br)ccc1OC)C1CCC(C)CC1. The molecule has 0 spiro atoms. The van der Waals surface area contributed by atoms with Gasteiger partial charge in [-0.25, -0.2) is 0 Å². The molecule has 1 N–H and O–H groups in total. The first-order valence-electron chi connectivity index (χ1n) is 8.19. The molecule has 1 aliphatic carbocycles. The van der Waals surface area contributed by atoms with Gasteiger partial charge in [-0.2, -0.15) is 0 Å².